The third-order valence-electron chi connectivity index (χ3n) is 4.60. The van der Waals surface area contributed by atoms with Crippen molar-refractivity contribution in [2.75, 3.05) is 0 Å². The third kappa shape index (κ3) is 4.74. The lowest BCUT2D eigenvalue weighted by Crippen LogP contribution is -2.22. The number of hydrogen-bond donors (Lipinski definition) is 0. The quantitative estimate of drug-likeness (QED) is 0.294. The van der Waals surface area contributed by atoms with Gasteiger partial charge in [-0.2, -0.15) is 5.26 Å². The van der Waals surface area contributed by atoms with Crippen molar-refractivity contribution < 1.29 is 9.53 Å². The van der Waals surface area contributed by atoms with E-state index in [4.69, 9.17) is 16.3 Å². The first-order valence-corrected chi connectivity index (χ1v) is 9.23. The number of esters is 1. The van der Waals surface area contributed by atoms with Crippen molar-refractivity contribution in [3.05, 3.63) is 64.7 Å². The predicted molar refractivity (Wildman–Crippen MR) is 104 cm³/mol. The average Bonchev–Trinajstić information content (AvgIpc) is 2.68. The van der Waals surface area contributed by atoms with Crippen LogP contribution in [0.15, 0.2) is 48.5 Å². The van der Waals surface area contributed by atoms with E-state index < -0.39 is 0 Å². The Morgan fingerprint density at radius 1 is 1.12 bits per heavy atom. The molecule has 1 aliphatic rings. The summed E-state index contributed by atoms with van der Waals surface area (Å²) in [4.78, 5) is 12.3. The van der Waals surface area contributed by atoms with Gasteiger partial charge in [0.2, 0.25) is 0 Å². The van der Waals surface area contributed by atoms with Crippen LogP contribution in [-0.2, 0) is 4.79 Å². The molecule has 2 aromatic rings. The summed E-state index contributed by atoms with van der Waals surface area (Å²) >= 11 is 5.90. The second-order valence-electron chi connectivity index (χ2n) is 6.51. The monoisotopic (exact) mass is 365 g/mol. The molecule has 0 spiro atoms. The fourth-order valence-electron chi connectivity index (χ4n) is 3.18. The lowest BCUT2D eigenvalue weighted by Gasteiger charge is -2.19. The van der Waals surface area contributed by atoms with E-state index in [2.05, 4.69) is 6.07 Å². The number of halogens is 1. The number of carbonyl (C=O) groups excluding carboxylic acids is 1. The highest BCUT2D eigenvalue weighted by Crippen LogP contribution is 2.27. The molecular weight excluding hydrogens is 346 g/mol. The molecule has 0 aromatic heterocycles. The molecule has 3 nitrogen and oxygen atoms in total. The highest BCUT2D eigenvalue weighted by atomic mass is 35.5. The molecule has 1 aliphatic carbocycles. The molecule has 0 atom stereocenters. The number of nitrogens with zero attached hydrogens (tertiary/aromatic N) is 1. The molecule has 132 valence electrons. The summed E-state index contributed by atoms with van der Waals surface area (Å²) in [7, 11) is 0. The Kier molecular flexibility index (Phi) is 6.09. The van der Waals surface area contributed by atoms with Gasteiger partial charge in [-0.15, -0.1) is 0 Å². The molecule has 1 fully saturated rings. The molecule has 0 heterocycles. The Hall–Kier alpha value is -2.57. The van der Waals surface area contributed by atoms with Crippen molar-refractivity contribution in [1.29, 1.82) is 5.26 Å². The normalized spacial score (nSPS) is 15.3. The SMILES string of the molecule is N#C/C(=C/c1cccc(OC(=O)C2CCCCC2)c1)c1ccc(Cl)cc1. The number of rotatable bonds is 4. The second-order valence-corrected chi connectivity index (χ2v) is 6.94. The molecule has 0 amide bonds. The van der Waals surface area contributed by atoms with Crippen LogP contribution in [0, 0.1) is 17.2 Å². The fourth-order valence-corrected chi connectivity index (χ4v) is 3.31. The lowest BCUT2D eigenvalue weighted by molar-refractivity contribution is -0.139. The van der Waals surface area contributed by atoms with Crippen LogP contribution in [0.25, 0.3) is 11.6 Å². The zero-order chi connectivity index (χ0) is 18.4. The number of hydrogen-bond acceptors (Lipinski definition) is 3. The van der Waals surface area contributed by atoms with Gasteiger partial charge in [0.15, 0.2) is 0 Å². The first-order chi connectivity index (χ1) is 12.7. The first kappa shape index (κ1) is 18.2. The van der Waals surface area contributed by atoms with Crippen molar-refractivity contribution in [3.63, 3.8) is 0 Å². The molecule has 1 saturated carbocycles. The van der Waals surface area contributed by atoms with Gasteiger partial charge in [-0.25, -0.2) is 0 Å². The maximum atomic E-state index is 12.3. The fraction of sp³-hybridized carbons (Fsp3) is 0.273. The molecule has 0 unspecified atom stereocenters. The summed E-state index contributed by atoms with van der Waals surface area (Å²) in [6.07, 6.45) is 6.98. The molecule has 4 heteroatoms. The summed E-state index contributed by atoms with van der Waals surface area (Å²) in [6, 6.07) is 16.6. The minimum atomic E-state index is -0.149. The first-order valence-electron chi connectivity index (χ1n) is 8.85. The number of allylic oxidation sites excluding steroid dienone is 1. The standard InChI is InChI=1S/C22H20ClNO2/c23-20-11-9-17(10-12-20)19(15-24)13-16-5-4-8-21(14-16)26-22(25)18-6-2-1-3-7-18/h4-5,8-14,18H,1-3,6-7H2/b19-13-. The van der Waals surface area contributed by atoms with Crippen molar-refractivity contribution in [3.8, 4) is 11.8 Å². The zero-order valence-corrected chi connectivity index (χ0v) is 15.2. The van der Waals surface area contributed by atoms with E-state index in [1.54, 1.807) is 30.3 Å². The van der Waals surface area contributed by atoms with E-state index in [-0.39, 0.29) is 11.9 Å². The van der Waals surface area contributed by atoms with E-state index in [1.165, 1.54) is 6.42 Å². The topological polar surface area (TPSA) is 50.1 Å². The maximum Gasteiger partial charge on any atom is 0.314 e. The second kappa shape index (κ2) is 8.69. The molecule has 0 N–H and O–H groups in total. The summed E-state index contributed by atoms with van der Waals surface area (Å²) in [5.41, 5.74) is 2.13. The average molecular weight is 366 g/mol. The van der Waals surface area contributed by atoms with E-state index in [9.17, 15) is 10.1 Å². The van der Waals surface area contributed by atoms with Gasteiger partial charge < -0.3 is 4.74 Å². The molecule has 2 aromatic carbocycles. The number of ether oxygens (including phenoxy) is 1. The van der Waals surface area contributed by atoms with Crippen molar-refractivity contribution in [2.45, 2.75) is 32.1 Å². The van der Waals surface area contributed by atoms with Crippen molar-refractivity contribution in [2.24, 2.45) is 5.92 Å². The molecule has 0 aliphatic heterocycles. The summed E-state index contributed by atoms with van der Waals surface area (Å²) in [5, 5.41) is 10.1. The zero-order valence-electron chi connectivity index (χ0n) is 14.5. The largest absolute Gasteiger partial charge is 0.426 e. The van der Waals surface area contributed by atoms with E-state index >= 15 is 0 Å². The predicted octanol–water partition coefficient (Wildman–Crippen LogP) is 5.89. The van der Waals surface area contributed by atoms with E-state index in [1.807, 2.05) is 24.3 Å². The minimum Gasteiger partial charge on any atom is -0.426 e. The van der Waals surface area contributed by atoms with Crippen LogP contribution in [0.1, 0.15) is 43.2 Å². The van der Waals surface area contributed by atoms with Gasteiger partial charge in [-0.05, 0) is 54.3 Å². The Bertz CT molecular complexity index is 843. The Morgan fingerprint density at radius 3 is 2.54 bits per heavy atom. The van der Waals surface area contributed by atoms with Gasteiger partial charge in [-0.3, -0.25) is 4.79 Å². The highest BCUT2D eigenvalue weighted by molar-refractivity contribution is 6.30. The molecule has 0 saturated heterocycles. The Labute approximate surface area is 158 Å². The molecule has 26 heavy (non-hydrogen) atoms. The number of benzene rings is 2. The van der Waals surface area contributed by atoms with Crippen LogP contribution >= 0.6 is 11.6 Å². The van der Waals surface area contributed by atoms with Gasteiger partial charge in [0, 0.05) is 5.02 Å². The number of carbonyl (C=O) groups is 1. The van der Waals surface area contributed by atoms with Crippen molar-refractivity contribution >= 4 is 29.2 Å². The molecule has 0 bridgehead atoms. The van der Waals surface area contributed by atoms with Gasteiger partial charge in [0.25, 0.3) is 0 Å². The summed E-state index contributed by atoms with van der Waals surface area (Å²) in [6.45, 7) is 0. The van der Waals surface area contributed by atoms with Gasteiger partial charge in [0.05, 0.1) is 17.6 Å². The van der Waals surface area contributed by atoms with Crippen LogP contribution in [0.3, 0.4) is 0 Å². The van der Waals surface area contributed by atoms with Gasteiger partial charge in [-0.1, -0.05) is 55.1 Å². The lowest BCUT2D eigenvalue weighted by atomic mass is 9.89. The van der Waals surface area contributed by atoms with Crippen LogP contribution in [-0.4, -0.2) is 5.97 Å². The van der Waals surface area contributed by atoms with Gasteiger partial charge >= 0.3 is 5.97 Å². The van der Waals surface area contributed by atoms with Crippen LogP contribution < -0.4 is 4.74 Å². The Morgan fingerprint density at radius 2 is 1.85 bits per heavy atom. The van der Waals surface area contributed by atoms with Crippen molar-refractivity contribution in [1.82, 2.24) is 0 Å². The minimum absolute atomic E-state index is 0.00619. The molecule has 0 radical (unpaired) electrons. The van der Waals surface area contributed by atoms with Gasteiger partial charge in [0.1, 0.15) is 5.75 Å². The Balaban J connectivity index is 1.76. The smallest absolute Gasteiger partial charge is 0.314 e. The highest BCUT2D eigenvalue weighted by Gasteiger charge is 2.22. The summed E-state index contributed by atoms with van der Waals surface area (Å²) in [5.74, 6) is 0.374. The third-order valence-corrected chi connectivity index (χ3v) is 4.85. The van der Waals surface area contributed by atoms with Crippen LogP contribution in [0.4, 0.5) is 0 Å². The number of nitriles is 1. The van der Waals surface area contributed by atoms with Crippen LogP contribution in [0.5, 0.6) is 5.75 Å². The van der Waals surface area contributed by atoms with E-state index in [0.29, 0.717) is 16.3 Å². The van der Waals surface area contributed by atoms with E-state index in [0.717, 1.165) is 36.8 Å². The van der Waals surface area contributed by atoms with Crippen LogP contribution in [0.2, 0.25) is 5.02 Å². The maximum absolute atomic E-state index is 12.3. The molecule has 3 rings (SSSR count). The summed E-state index contributed by atoms with van der Waals surface area (Å²) < 4.78 is 5.56. The molecular formula is C22H20ClNO2.